The van der Waals surface area contributed by atoms with Crippen LogP contribution in [-0.2, 0) is 4.79 Å². The summed E-state index contributed by atoms with van der Waals surface area (Å²) in [6.45, 7) is 3.25. The minimum Gasteiger partial charge on any atom is -0.426 e. The number of hydrogen-bond acceptors (Lipinski definition) is 3. The Morgan fingerprint density at radius 3 is 2.50 bits per heavy atom. The zero-order valence-electron chi connectivity index (χ0n) is 11.3. The lowest BCUT2D eigenvalue weighted by Gasteiger charge is -2.09. The molecule has 0 bridgehead atoms. The molecule has 0 fully saturated rings. The number of esters is 1. The fourth-order valence-electron chi connectivity index (χ4n) is 1.82. The molecule has 0 aliphatic rings. The van der Waals surface area contributed by atoms with Crippen LogP contribution in [0.2, 0.25) is 0 Å². The van der Waals surface area contributed by atoms with Gasteiger partial charge in [0.1, 0.15) is 5.75 Å². The second-order valence-electron chi connectivity index (χ2n) is 4.41. The molecule has 0 aliphatic carbocycles. The van der Waals surface area contributed by atoms with E-state index in [4.69, 9.17) is 4.74 Å². The second kappa shape index (κ2) is 6.02. The first kappa shape index (κ1) is 13.8. The molecule has 102 valence electrons. The lowest BCUT2D eigenvalue weighted by molar-refractivity contribution is -0.131. The Hall–Kier alpha value is -2.62. The third-order valence-electron chi connectivity index (χ3n) is 2.66. The number of anilines is 1. The van der Waals surface area contributed by atoms with Crippen molar-refractivity contribution in [3.05, 3.63) is 59.7 Å². The Morgan fingerprint density at radius 2 is 1.80 bits per heavy atom. The molecule has 0 aliphatic heterocycles. The molecule has 0 aromatic heterocycles. The fraction of sp³-hybridized carbons (Fsp3) is 0.125. The van der Waals surface area contributed by atoms with Crippen LogP contribution in [-0.4, -0.2) is 11.9 Å². The van der Waals surface area contributed by atoms with E-state index in [9.17, 15) is 9.59 Å². The summed E-state index contributed by atoms with van der Waals surface area (Å²) in [6, 6.07) is 14.1. The van der Waals surface area contributed by atoms with Crippen LogP contribution in [0.5, 0.6) is 5.75 Å². The van der Waals surface area contributed by atoms with Crippen LogP contribution in [0.4, 0.5) is 5.69 Å². The number of nitrogens with one attached hydrogen (secondary N) is 1. The summed E-state index contributed by atoms with van der Waals surface area (Å²) in [4.78, 5) is 23.3. The number of carbonyl (C=O) groups excluding carboxylic acids is 2. The summed E-state index contributed by atoms with van der Waals surface area (Å²) in [5.74, 6) is -0.515. The number of para-hydroxylation sites is 1. The zero-order valence-corrected chi connectivity index (χ0v) is 11.3. The topological polar surface area (TPSA) is 55.4 Å². The third-order valence-corrected chi connectivity index (χ3v) is 2.66. The first-order valence-corrected chi connectivity index (χ1v) is 6.22. The van der Waals surface area contributed by atoms with Crippen molar-refractivity contribution in [1.82, 2.24) is 0 Å². The quantitative estimate of drug-likeness (QED) is 0.687. The van der Waals surface area contributed by atoms with E-state index in [1.54, 1.807) is 30.3 Å². The maximum atomic E-state index is 12.2. The number of aryl methyl sites for hydroxylation is 1. The van der Waals surface area contributed by atoms with Crippen molar-refractivity contribution in [3.8, 4) is 5.75 Å². The van der Waals surface area contributed by atoms with Gasteiger partial charge in [-0.1, -0.05) is 24.3 Å². The molecule has 20 heavy (non-hydrogen) atoms. The minimum atomic E-state index is -0.458. The smallest absolute Gasteiger partial charge is 0.308 e. The highest BCUT2D eigenvalue weighted by Crippen LogP contribution is 2.20. The monoisotopic (exact) mass is 269 g/mol. The van der Waals surface area contributed by atoms with Crippen LogP contribution in [0, 0.1) is 6.92 Å². The van der Waals surface area contributed by atoms with E-state index in [-0.39, 0.29) is 11.7 Å². The van der Waals surface area contributed by atoms with Gasteiger partial charge >= 0.3 is 5.97 Å². The number of amides is 1. The average Bonchev–Trinajstić information content (AvgIpc) is 2.38. The maximum Gasteiger partial charge on any atom is 0.308 e. The van der Waals surface area contributed by atoms with Gasteiger partial charge in [-0.15, -0.1) is 0 Å². The van der Waals surface area contributed by atoms with Crippen LogP contribution in [0.25, 0.3) is 0 Å². The molecule has 2 rings (SSSR count). The summed E-state index contributed by atoms with van der Waals surface area (Å²) < 4.78 is 5.03. The van der Waals surface area contributed by atoms with Crippen LogP contribution < -0.4 is 10.1 Å². The molecule has 4 nitrogen and oxygen atoms in total. The number of hydrogen-bond donors (Lipinski definition) is 1. The summed E-state index contributed by atoms with van der Waals surface area (Å²) in [7, 11) is 0. The van der Waals surface area contributed by atoms with E-state index < -0.39 is 5.97 Å². The second-order valence-corrected chi connectivity index (χ2v) is 4.41. The molecule has 2 aromatic rings. The summed E-state index contributed by atoms with van der Waals surface area (Å²) in [6.07, 6.45) is 0. The zero-order chi connectivity index (χ0) is 14.5. The van der Waals surface area contributed by atoms with Crippen molar-refractivity contribution in [3.63, 3.8) is 0 Å². The van der Waals surface area contributed by atoms with E-state index in [2.05, 4.69) is 5.32 Å². The molecule has 1 N–H and O–H groups in total. The number of ether oxygens (including phenoxy) is 1. The first-order valence-electron chi connectivity index (χ1n) is 6.22. The molecule has 0 saturated heterocycles. The Balaban J connectivity index is 2.23. The van der Waals surface area contributed by atoms with Crippen LogP contribution in [0.1, 0.15) is 22.8 Å². The van der Waals surface area contributed by atoms with E-state index in [1.165, 1.54) is 6.92 Å². The van der Waals surface area contributed by atoms with Crippen molar-refractivity contribution in [2.24, 2.45) is 0 Å². The molecule has 4 heteroatoms. The van der Waals surface area contributed by atoms with Gasteiger partial charge in [-0.25, -0.2) is 0 Å². The molecule has 0 atom stereocenters. The van der Waals surface area contributed by atoms with Gasteiger partial charge in [0.15, 0.2) is 0 Å². The lowest BCUT2D eigenvalue weighted by Crippen LogP contribution is -2.14. The number of carbonyl (C=O) groups is 2. The Kier molecular flexibility index (Phi) is 4.15. The van der Waals surface area contributed by atoms with Gasteiger partial charge in [-0.3, -0.25) is 9.59 Å². The Bertz CT molecular complexity index is 650. The number of rotatable bonds is 3. The molecular weight excluding hydrogens is 254 g/mol. The standard InChI is InChI=1S/C16H15NO3/c1-11-6-5-7-13(10-11)17-16(19)14-8-3-4-9-15(14)20-12(2)18/h3-10H,1-2H3,(H,17,19). The maximum absolute atomic E-state index is 12.2. The third kappa shape index (κ3) is 3.45. The SMILES string of the molecule is CC(=O)Oc1ccccc1C(=O)Nc1cccc(C)c1. The molecule has 0 saturated carbocycles. The van der Waals surface area contributed by atoms with Crippen molar-refractivity contribution < 1.29 is 14.3 Å². The fourth-order valence-corrected chi connectivity index (χ4v) is 1.82. The molecular formula is C16H15NO3. The first-order chi connectivity index (χ1) is 9.56. The molecule has 0 radical (unpaired) electrons. The van der Waals surface area contributed by atoms with Gasteiger partial charge in [0.05, 0.1) is 5.56 Å². The van der Waals surface area contributed by atoms with Crippen LogP contribution >= 0.6 is 0 Å². The Labute approximate surface area is 117 Å². The molecule has 0 unspecified atom stereocenters. The minimum absolute atomic E-state index is 0.255. The summed E-state index contributed by atoms with van der Waals surface area (Å²) in [5.41, 5.74) is 2.08. The van der Waals surface area contributed by atoms with Gasteiger partial charge in [0.25, 0.3) is 5.91 Å². The van der Waals surface area contributed by atoms with Crippen molar-refractivity contribution in [1.29, 1.82) is 0 Å². The molecule has 0 heterocycles. The van der Waals surface area contributed by atoms with Gasteiger partial charge < -0.3 is 10.1 Å². The Morgan fingerprint density at radius 1 is 1.05 bits per heavy atom. The summed E-state index contributed by atoms with van der Waals surface area (Å²) >= 11 is 0. The molecule has 0 spiro atoms. The van der Waals surface area contributed by atoms with E-state index >= 15 is 0 Å². The van der Waals surface area contributed by atoms with Crippen molar-refractivity contribution in [2.75, 3.05) is 5.32 Å². The highest BCUT2D eigenvalue weighted by Gasteiger charge is 2.13. The largest absolute Gasteiger partial charge is 0.426 e. The normalized spacial score (nSPS) is 9.90. The predicted octanol–water partition coefficient (Wildman–Crippen LogP) is 3.17. The van der Waals surface area contributed by atoms with Gasteiger partial charge in [-0.2, -0.15) is 0 Å². The van der Waals surface area contributed by atoms with Gasteiger partial charge in [-0.05, 0) is 36.8 Å². The van der Waals surface area contributed by atoms with Gasteiger partial charge in [0.2, 0.25) is 0 Å². The number of benzene rings is 2. The van der Waals surface area contributed by atoms with Crippen molar-refractivity contribution >= 4 is 17.6 Å². The molecule has 1 amide bonds. The van der Waals surface area contributed by atoms with E-state index in [0.717, 1.165) is 5.56 Å². The van der Waals surface area contributed by atoms with Gasteiger partial charge in [0, 0.05) is 12.6 Å². The highest BCUT2D eigenvalue weighted by molar-refractivity contribution is 6.06. The van der Waals surface area contributed by atoms with Crippen LogP contribution in [0.3, 0.4) is 0 Å². The van der Waals surface area contributed by atoms with Crippen molar-refractivity contribution in [2.45, 2.75) is 13.8 Å². The van der Waals surface area contributed by atoms with E-state index in [0.29, 0.717) is 11.3 Å². The average molecular weight is 269 g/mol. The van der Waals surface area contributed by atoms with E-state index in [1.807, 2.05) is 25.1 Å². The summed E-state index contributed by atoms with van der Waals surface area (Å²) in [5, 5.41) is 2.78. The predicted molar refractivity (Wildman–Crippen MR) is 76.9 cm³/mol. The molecule has 2 aromatic carbocycles. The lowest BCUT2D eigenvalue weighted by atomic mass is 10.1. The van der Waals surface area contributed by atoms with Crippen LogP contribution in [0.15, 0.2) is 48.5 Å². The highest BCUT2D eigenvalue weighted by atomic mass is 16.5.